The highest BCUT2D eigenvalue weighted by Gasteiger charge is 2.37. The van der Waals surface area contributed by atoms with Crippen LogP contribution in [0, 0.1) is 0 Å². The van der Waals surface area contributed by atoms with Gasteiger partial charge in [0.1, 0.15) is 0 Å². The lowest BCUT2D eigenvalue weighted by atomic mass is 9.98. The van der Waals surface area contributed by atoms with E-state index in [4.69, 9.17) is 5.73 Å². The highest BCUT2D eigenvalue weighted by molar-refractivity contribution is 5.86. The topological polar surface area (TPSA) is 55.1 Å². The van der Waals surface area contributed by atoms with Gasteiger partial charge in [-0.3, -0.25) is 4.79 Å². The van der Waals surface area contributed by atoms with E-state index in [1.807, 2.05) is 0 Å². The highest BCUT2D eigenvalue weighted by Crippen LogP contribution is 2.32. The summed E-state index contributed by atoms with van der Waals surface area (Å²) in [6.07, 6.45) is -1.50. The van der Waals surface area contributed by atoms with Gasteiger partial charge in [-0.1, -0.05) is 31.0 Å². The Morgan fingerprint density at radius 2 is 1.81 bits per heavy atom. The molecule has 1 aliphatic carbocycles. The molecule has 1 saturated carbocycles. The molecule has 1 amide bonds. The summed E-state index contributed by atoms with van der Waals surface area (Å²) in [5.41, 5.74) is 4.36. The van der Waals surface area contributed by atoms with E-state index in [1.54, 1.807) is 0 Å². The van der Waals surface area contributed by atoms with E-state index in [9.17, 15) is 18.0 Å². The Kier molecular flexibility index (Phi) is 5.64. The molecule has 0 unspecified atom stereocenters. The Morgan fingerprint density at radius 1 is 1.24 bits per heavy atom. The predicted molar refractivity (Wildman–Crippen MR) is 75.9 cm³/mol. The van der Waals surface area contributed by atoms with Crippen molar-refractivity contribution in [2.75, 3.05) is 0 Å². The number of alkyl halides is 3. The highest BCUT2D eigenvalue weighted by atomic mass is 35.5. The van der Waals surface area contributed by atoms with Crippen LogP contribution in [0.4, 0.5) is 13.2 Å². The third kappa shape index (κ3) is 4.11. The number of carbonyl (C=O) groups excluding carboxylic acids is 1. The molecule has 0 aliphatic heterocycles. The predicted octanol–water partition coefficient (Wildman–Crippen LogP) is 3.01. The van der Waals surface area contributed by atoms with E-state index >= 15 is 0 Å². The Hall–Kier alpha value is -1.27. The fourth-order valence-electron chi connectivity index (χ4n) is 2.54. The molecule has 1 aromatic carbocycles. The Bertz CT molecular complexity index is 499. The van der Waals surface area contributed by atoms with Gasteiger partial charge in [-0.05, 0) is 24.5 Å². The van der Waals surface area contributed by atoms with Crippen LogP contribution in [0.2, 0.25) is 0 Å². The van der Waals surface area contributed by atoms with Crippen molar-refractivity contribution in [1.29, 1.82) is 0 Å². The molecule has 1 aliphatic rings. The molecule has 3 N–H and O–H groups in total. The Balaban J connectivity index is 0.00000220. The maximum Gasteiger partial charge on any atom is 0.416 e. The van der Waals surface area contributed by atoms with Crippen molar-refractivity contribution >= 4 is 18.3 Å². The van der Waals surface area contributed by atoms with Gasteiger partial charge < -0.3 is 11.1 Å². The number of nitrogens with one attached hydrogen (secondary N) is 1. The number of amides is 1. The number of nitrogens with two attached hydrogens (primary N) is 1. The lowest BCUT2D eigenvalue weighted by Crippen LogP contribution is -2.51. The molecule has 7 heteroatoms. The molecule has 0 bridgehead atoms. The van der Waals surface area contributed by atoms with E-state index in [2.05, 4.69) is 5.32 Å². The van der Waals surface area contributed by atoms with Gasteiger partial charge in [0.05, 0.1) is 11.1 Å². The molecule has 118 valence electrons. The molecular weight excluding hydrogens is 305 g/mol. The summed E-state index contributed by atoms with van der Waals surface area (Å²) < 4.78 is 38.4. The molecule has 21 heavy (non-hydrogen) atoms. The van der Waals surface area contributed by atoms with Gasteiger partial charge in [-0.2, -0.15) is 13.2 Å². The first-order valence-electron chi connectivity index (χ1n) is 6.55. The number of halogens is 4. The van der Waals surface area contributed by atoms with E-state index in [-0.39, 0.29) is 30.4 Å². The minimum atomic E-state index is -4.42. The van der Waals surface area contributed by atoms with Crippen LogP contribution < -0.4 is 11.1 Å². The van der Waals surface area contributed by atoms with Crippen LogP contribution in [0.25, 0.3) is 0 Å². The first kappa shape index (κ1) is 17.8. The lowest BCUT2D eigenvalue weighted by Gasteiger charge is -2.22. The molecule has 2 rings (SSSR count). The third-order valence-electron chi connectivity index (χ3n) is 3.71. The average Bonchev–Trinajstić information content (AvgIpc) is 2.83. The zero-order chi connectivity index (χ0) is 14.8. The van der Waals surface area contributed by atoms with Crippen molar-refractivity contribution < 1.29 is 18.0 Å². The minimum absolute atomic E-state index is 0. The number of hydrogen-bond acceptors (Lipinski definition) is 2. The third-order valence-corrected chi connectivity index (χ3v) is 3.71. The van der Waals surface area contributed by atoms with Crippen LogP contribution in [-0.2, 0) is 17.5 Å². The normalized spacial score (nSPS) is 17.1. The second kappa shape index (κ2) is 6.66. The van der Waals surface area contributed by atoms with Crippen molar-refractivity contribution in [3.05, 3.63) is 35.4 Å². The summed E-state index contributed by atoms with van der Waals surface area (Å²) in [7, 11) is 0. The van der Waals surface area contributed by atoms with Crippen molar-refractivity contribution in [3.63, 3.8) is 0 Å². The fourth-order valence-corrected chi connectivity index (χ4v) is 2.54. The maximum atomic E-state index is 12.8. The fraction of sp³-hybridized carbons (Fsp3) is 0.500. The van der Waals surface area contributed by atoms with E-state index in [0.717, 1.165) is 18.9 Å². The van der Waals surface area contributed by atoms with Crippen molar-refractivity contribution in [1.82, 2.24) is 5.32 Å². The summed E-state index contributed by atoms with van der Waals surface area (Å²) in [6, 6.07) is 5.22. The molecular formula is C14H18ClF3N2O. The number of benzene rings is 1. The van der Waals surface area contributed by atoms with Crippen LogP contribution in [0.5, 0.6) is 0 Å². The first-order valence-corrected chi connectivity index (χ1v) is 6.55. The largest absolute Gasteiger partial charge is 0.416 e. The summed E-state index contributed by atoms with van der Waals surface area (Å²) in [5, 5.41) is 2.53. The van der Waals surface area contributed by atoms with Crippen LogP contribution in [-0.4, -0.2) is 11.4 Å². The van der Waals surface area contributed by atoms with Gasteiger partial charge in [-0.15, -0.1) is 12.4 Å². The van der Waals surface area contributed by atoms with Crippen LogP contribution in [0.1, 0.15) is 36.8 Å². The average molecular weight is 323 g/mol. The number of carbonyl (C=O) groups is 1. The van der Waals surface area contributed by atoms with Crippen LogP contribution >= 0.6 is 12.4 Å². The zero-order valence-electron chi connectivity index (χ0n) is 11.4. The minimum Gasteiger partial charge on any atom is -0.350 e. The van der Waals surface area contributed by atoms with Crippen LogP contribution in [0.3, 0.4) is 0 Å². The van der Waals surface area contributed by atoms with Gasteiger partial charge in [0.25, 0.3) is 0 Å². The Morgan fingerprint density at radius 3 is 2.38 bits per heavy atom. The second-order valence-electron chi connectivity index (χ2n) is 5.20. The lowest BCUT2D eigenvalue weighted by molar-refractivity contribution is -0.138. The van der Waals surface area contributed by atoms with Gasteiger partial charge in [0.2, 0.25) is 5.91 Å². The van der Waals surface area contributed by atoms with E-state index in [0.29, 0.717) is 12.8 Å². The van der Waals surface area contributed by atoms with Gasteiger partial charge in [0.15, 0.2) is 0 Å². The monoisotopic (exact) mass is 322 g/mol. The summed E-state index contributed by atoms with van der Waals surface area (Å²) in [6.45, 7) is -0.159. The molecule has 0 radical (unpaired) electrons. The van der Waals surface area contributed by atoms with Crippen LogP contribution in [0.15, 0.2) is 24.3 Å². The molecule has 0 spiro atoms. The van der Waals surface area contributed by atoms with Crippen molar-refractivity contribution in [3.8, 4) is 0 Å². The zero-order valence-corrected chi connectivity index (χ0v) is 12.2. The van der Waals surface area contributed by atoms with Gasteiger partial charge in [-0.25, -0.2) is 0 Å². The quantitative estimate of drug-likeness (QED) is 0.898. The summed E-state index contributed by atoms with van der Waals surface area (Å²) in [4.78, 5) is 12.0. The number of rotatable bonds is 3. The second-order valence-corrected chi connectivity index (χ2v) is 5.20. The smallest absolute Gasteiger partial charge is 0.350 e. The molecule has 0 heterocycles. The van der Waals surface area contributed by atoms with E-state index in [1.165, 1.54) is 18.2 Å². The SMILES string of the molecule is Cl.NC1(C(=O)NCc2ccccc2C(F)(F)F)CCCC1. The standard InChI is InChI=1S/C14H17F3N2O.ClH/c15-14(16,17)11-6-2-1-5-10(11)9-19-12(20)13(18)7-3-4-8-13;/h1-2,5-6H,3-4,7-9,18H2,(H,19,20);1H. The first-order chi connectivity index (χ1) is 9.33. The molecule has 1 fully saturated rings. The molecule has 1 aromatic rings. The van der Waals surface area contributed by atoms with Gasteiger partial charge >= 0.3 is 6.18 Å². The molecule has 3 nitrogen and oxygen atoms in total. The molecule has 0 aromatic heterocycles. The summed E-state index contributed by atoms with van der Waals surface area (Å²) >= 11 is 0. The van der Waals surface area contributed by atoms with Crippen molar-refractivity contribution in [2.45, 2.75) is 43.9 Å². The molecule has 0 atom stereocenters. The van der Waals surface area contributed by atoms with Gasteiger partial charge in [0, 0.05) is 6.54 Å². The maximum absolute atomic E-state index is 12.8. The number of hydrogen-bond donors (Lipinski definition) is 2. The summed E-state index contributed by atoms with van der Waals surface area (Å²) in [5.74, 6) is -0.369. The van der Waals surface area contributed by atoms with Crippen molar-refractivity contribution in [2.24, 2.45) is 5.73 Å². The Labute approximate surface area is 127 Å². The molecule has 0 saturated heterocycles. The van der Waals surface area contributed by atoms with E-state index < -0.39 is 17.3 Å².